The minimum Gasteiger partial charge on any atom is -0.497 e. The summed E-state index contributed by atoms with van der Waals surface area (Å²) in [5.74, 6) is -0.867. The fraction of sp³-hybridized carbons (Fsp3) is 0.471. The van der Waals surface area contributed by atoms with Gasteiger partial charge in [0.1, 0.15) is 23.4 Å². The van der Waals surface area contributed by atoms with Gasteiger partial charge in [-0.1, -0.05) is 55.0 Å². The smallest absolute Gasteiger partial charge is 0.329 e. The van der Waals surface area contributed by atoms with E-state index in [0.29, 0.717) is 37.1 Å². The van der Waals surface area contributed by atoms with Crippen molar-refractivity contribution < 1.29 is 28.7 Å². The molecular weight excluding hydrogens is 546 g/mol. The number of nitrogens with zero attached hydrogens (tertiary/aromatic N) is 1. The Morgan fingerprint density at radius 3 is 2.44 bits per heavy atom. The van der Waals surface area contributed by atoms with Crippen LogP contribution < -0.4 is 15.4 Å². The minimum atomic E-state index is -0.943. The van der Waals surface area contributed by atoms with Crippen LogP contribution in [-0.2, 0) is 25.5 Å². The lowest BCUT2D eigenvalue weighted by Gasteiger charge is -2.35. The molecule has 0 bridgehead atoms. The molecule has 0 spiro atoms. The van der Waals surface area contributed by atoms with Crippen molar-refractivity contribution in [2.45, 2.75) is 83.0 Å². The summed E-state index contributed by atoms with van der Waals surface area (Å²) in [6.45, 7) is 9.69. The Balaban J connectivity index is 1.78. The number of piperidine rings is 1. The number of Topliss-reactive ketones (excluding diaryl/α,β-unsaturated/α-hetero) is 1. The molecule has 1 heterocycles. The van der Waals surface area contributed by atoms with Crippen molar-refractivity contribution in [2.75, 3.05) is 20.2 Å². The highest BCUT2D eigenvalue weighted by Crippen LogP contribution is 2.20. The average molecular weight is 592 g/mol. The van der Waals surface area contributed by atoms with Gasteiger partial charge in [-0.15, -0.1) is 6.58 Å². The van der Waals surface area contributed by atoms with Gasteiger partial charge in [-0.3, -0.25) is 19.3 Å². The predicted molar refractivity (Wildman–Crippen MR) is 166 cm³/mol. The first-order chi connectivity index (χ1) is 20.5. The van der Waals surface area contributed by atoms with Gasteiger partial charge in [0.15, 0.2) is 5.78 Å². The molecule has 2 N–H and O–H groups in total. The Morgan fingerprint density at radius 2 is 1.77 bits per heavy atom. The monoisotopic (exact) mass is 591 g/mol. The van der Waals surface area contributed by atoms with Crippen LogP contribution in [-0.4, -0.2) is 72.4 Å². The van der Waals surface area contributed by atoms with Crippen molar-refractivity contribution in [2.24, 2.45) is 0 Å². The van der Waals surface area contributed by atoms with E-state index in [-0.39, 0.29) is 24.7 Å². The predicted octanol–water partition coefficient (Wildman–Crippen LogP) is 4.25. The summed E-state index contributed by atoms with van der Waals surface area (Å²) in [6.07, 6.45) is 4.99. The van der Waals surface area contributed by atoms with Crippen LogP contribution in [0.3, 0.4) is 0 Å². The Labute approximate surface area is 255 Å². The molecule has 1 aliphatic rings. The van der Waals surface area contributed by atoms with Gasteiger partial charge < -0.3 is 20.1 Å². The molecular formula is C34H45N3O6. The van der Waals surface area contributed by atoms with Crippen LogP contribution in [0.1, 0.15) is 68.8 Å². The highest BCUT2D eigenvalue weighted by molar-refractivity contribution is 5.98. The first kappa shape index (κ1) is 33.5. The van der Waals surface area contributed by atoms with Crippen LogP contribution in [0.5, 0.6) is 5.75 Å². The van der Waals surface area contributed by atoms with Crippen molar-refractivity contribution in [3.8, 4) is 5.75 Å². The van der Waals surface area contributed by atoms with Gasteiger partial charge in [-0.25, -0.2) is 4.79 Å². The molecule has 0 aromatic heterocycles. The van der Waals surface area contributed by atoms with E-state index < -0.39 is 35.6 Å². The van der Waals surface area contributed by atoms with Gasteiger partial charge in [0.2, 0.25) is 11.8 Å². The van der Waals surface area contributed by atoms with Gasteiger partial charge in [-0.2, -0.15) is 0 Å². The quantitative estimate of drug-likeness (QED) is 0.192. The number of allylic oxidation sites excluding steroid dienone is 1. The van der Waals surface area contributed by atoms with Crippen LogP contribution >= 0.6 is 0 Å². The Bertz CT molecular complexity index is 1260. The van der Waals surface area contributed by atoms with Crippen molar-refractivity contribution in [3.05, 3.63) is 78.4 Å². The maximum atomic E-state index is 13.7. The molecule has 43 heavy (non-hydrogen) atoms. The standard InChI is InChI=1S/C34H45N3O6/c1-6-7-18-27(33(41)43-34(2,3)4)35-31(39)28(21-24-14-9-8-10-15-24)36-32(40)29-19-11-12-20-37(29)23-30(38)25-16-13-17-26(22-25)42-5/h6,8-10,13-17,22,27-29H,1,7,11-12,18-21,23H2,2-5H3,(H,35,39)(H,36,40)/t27?,28-,29-/m0/s1. The van der Waals surface area contributed by atoms with Crippen molar-refractivity contribution in [1.82, 2.24) is 15.5 Å². The average Bonchev–Trinajstić information content (AvgIpc) is 2.98. The van der Waals surface area contributed by atoms with E-state index in [1.54, 1.807) is 58.2 Å². The topological polar surface area (TPSA) is 114 Å². The van der Waals surface area contributed by atoms with E-state index >= 15 is 0 Å². The maximum Gasteiger partial charge on any atom is 0.329 e. The normalized spacial score (nSPS) is 16.8. The number of likely N-dealkylation sites (tertiary alicyclic amines) is 1. The third kappa shape index (κ3) is 10.7. The second kappa shape index (κ2) is 16.0. The molecule has 2 aromatic carbocycles. The van der Waals surface area contributed by atoms with E-state index in [9.17, 15) is 19.2 Å². The molecule has 9 heteroatoms. The molecule has 232 valence electrons. The zero-order valence-electron chi connectivity index (χ0n) is 25.8. The zero-order valence-corrected chi connectivity index (χ0v) is 25.8. The molecule has 1 unspecified atom stereocenters. The molecule has 2 amide bonds. The van der Waals surface area contributed by atoms with Gasteiger partial charge in [0.25, 0.3) is 0 Å². The number of hydrogen-bond acceptors (Lipinski definition) is 7. The summed E-state index contributed by atoms with van der Waals surface area (Å²) < 4.78 is 10.8. The van der Waals surface area contributed by atoms with Gasteiger partial charge in [0.05, 0.1) is 19.7 Å². The molecule has 0 saturated carbocycles. The van der Waals surface area contributed by atoms with Crippen LogP contribution in [0, 0.1) is 0 Å². The van der Waals surface area contributed by atoms with E-state index in [2.05, 4.69) is 17.2 Å². The number of ketones is 1. The Hall–Kier alpha value is -3.98. The van der Waals surface area contributed by atoms with Crippen molar-refractivity contribution in [1.29, 1.82) is 0 Å². The lowest BCUT2D eigenvalue weighted by atomic mass is 9.98. The first-order valence-electron chi connectivity index (χ1n) is 14.9. The summed E-state index contributed by atoms with van der Waals surface area (Å²) in [5.41, 5.74) is 0.647. The fourth-order valence-electron chi connectivity index (χ4n) is 5.06. The second-order valence-corrected chi connectivity index (χ2v) is 11.8. The maximum absolute atomic E-state index is 13.7. The number of hydrogen-bond donors (Lipinski definition) is 2. The second-order valence-electron chi connectivity index (χ2n) is 11.8. The van der Waals surface area contributed by atoms with E-state index in [0.717, 1.165) is 18.4 Å². The summed E-state index contributed by atoms with van der Waals surface area (Å²) in [7, 11) is 1.55. The Morgan fingerprint density at radius 1 is 1.02 bits per heavy atom. The largest absolute Gasteiger partial charge is 0.497 e. The van der Waals surface area contributed by atoms with Gasteiger partial charge in [0, 0.05) is 12.0 Å². The van der Waals surface area contributed by atoms with E-state index in [1.165, 1.54) is 0 Å². The lowest BCUT2D eigenvalue weighted by molar-refractivity contribution is -0.159. The molecule has 0 aliphatic carbocycles. The van der Waals surface area contributed by atoms with Crippen LogP contribution in [0.2, 0.25) is 0 Å². The third-order valence-corrected chi connectivity index (χ3v) is 7.24. The van der Waals surface area contributed by atoms with Crippen molar-refractivity contribution >= 4 is 23.6 Å². The molecule has 9 nitrogen and oxygen atoms in total. The van der Waals surface area contributed by atoms with Gasteiger partial charge >= 0.3 is 5.97 Å². The van der Waals surface area contributed by atoms with Crippen molar-refractivity contribution in [3.63, 3.8) is 0 Å². The molecule has 1 saturated heterocycles. The number of amides is 2. The third-order valence-electron chi connectivity index (χ3n) is 7.24. The highest BCUT2D eigenvalue weighted by atomic mass is 16.6. The number of carbonyl (C=O) groups excluding carboxylic acids is 4. The summed E-state index contributed by atoms with van der Waals surface area (Å²) >= 11 is 0. The Kier molecular flexibility index (Phi) is 12.5. The number of rotatable bonds is 14. The number of ether oxygens (including phenoxy) is 2. The molecule has 1 aliphatic heterocycles. The lowest BCUT2D eigenvalue weighted by Crippen LogP contribution is -2.58. The molecule has 3 rings (SSSR count). The zero-order chi connectivity index (χ0) is 31.4. The van der Waals surface area contributed by atoms with Gasteiger partial charge in [-0.05, 0) is 70.7 Å². The fourth-order valence-corrected chi connectivity index (χ4v) is 5.06. The van der Waals surface area contributed by atoms with E-state index in [4.69, 9.17) is 9.47 Å². The van der Waals surface area contributed by atoms with Crippen LogP contribution in [0.15, 0.2) is 67.3 Å². The number of nitrogens with one attached hydrogen (secondary N) is 2. The summed E-state index contributed by atoms with van der Waals surface area (Å²) in [6, 6.07) is 13.9. The molecule has 0 radical (unpaired) electrons. The first-order valence-corrected chi connectivity index (χ1v) is 14.9. The molecule has 1 fully saturated rings. The molecule has 2 aromatic rings. The summed E-state index contributed by atoms with van der Waals surface area (Å²) in [5, 5.41) is 5.77. The number of benzene rings is 2. The SMILES string of the molecule is C=CCCC(NC(=O)[C@H](Cc1ccccc1)NC(=O)[C@@H]1CCCCN1CC(=O)c1cccc(OC)c1)C(=O)OC(C)(C)C. The highest BCUT2D eigenvalue weighted by Gasteiger charge is 2.34. The summed E-state index contributed by atoms with van der Waals surface area (Å²) in [4.78, 5) is 55.4. The van der Waals surface area contributed by atoms with E-state index in [1.807, 2.05) is 35.2 Å². The van der Waals surface area contributed by atoms with Crippen LogP contribution in [0.4, 0.5) is 0 Å². The number of methoxy groups -OCH3 is 1. The minimum absolute atomic E-state index is 0.0725. The molecule has 3 atom stereocenters. The number of esters is 1. The van der Waals surface area contributed by atoms with Crippen LogP contribution in [0.25, 0.3) is 0 Å². The number of carbonyl (C=O) groups is 4.